The fraction of sp³-hybridized carbons (Fsp3) is 0.667. The van der Waals surface area contributed by atoms with E-state index in [0.717, 1.165) is 0 Å². The normalized spacial score (nSPS) is 13.0. The molecule has 1 nitrogen and oxygen atoms in total. The predicted octanol–water partition coefficient (Wildman–Crippen LogP) is -5.26. The molecule has 0 fully saturated rings. The molecule has 0 spiro atoms. The number of nitrogens with zero attached hydrogens (tertiary/aromatic N) is 1. The van der Waals surface area contributed by atoms with E-state index < -0.39 is 0 Å². The average Bonchev–Trinajstić information content (AvgIpc) is 1.76. The summed E-state index contributed by atoms with van der Waals surface area (Å²) in [6, 6.07) is 0. The van der Waals surface area contributed by atoms with Crippen molar-refractivity contribution in [1.82, 2.24) is 0 Å². The number of rotatable bonds is 0. The van der Waals surface area contributed by atoms with E-state index in [1.165, 1.54) is 12.2 Å². The minimum absolute atomic E-state index is 0. The first-order valence-corrected chi connectivity index (χ1v) is 2.58. The summed E-state index contributed by atoms with van der Waals surface area (Å²) in [5, 5.41) is 0. The first kappa shape index (κ1) is 16.2. The van der Waals surface area contributed by atoms with Crippen LogP contribution in [-0.2, 0) is 0 Å². The molecule has 0 saturated carbocycles. The van der Waals surface area contributed by atoms with Gasteiger partial charge in [0.05, 0.1) is 0 Å². The van der Waals surface area contributed by atoms with Gasteiger partial charge in [0.1, 0.15) is 0 Å². The Bertz CT molecular complexity index is 55.2. The van der Waals surface area contributed by atoms with Crippen LogP contribution in [0.1, 0.15) is 6.42 Å². The Morgan fingerprint density at radius 1 is 1.38 bits per heavy atom. The summed E-state index contributed by atoms with van der Waals surface area (Å²) in [5.41, 5.74) is 0. The van der Waals surface area contributed by atoms with Crippen LogP contribution in [0.25, 0.3) is 0 Å². The fourth-order valence-corrected chi connectivity index (χ4v) is 0.791. The van der Waals surface area contributed by atoms with Crippen molar-refractivity contribution in [3.8, 4) is 0 Å². The average molecular weight is 182 g/mol. The monoisotopic (exact) mass is 181 g/mol. The molecule has 1 aliphatic heterocycles. The molecule has 0 bridgehead atoms. The van der Waals surface area contributed by atoms with Crippen molar-refractivity contribution < 1.29 is 24.8 Å². The van der Waals surface area contributed by atoms with Crippen LogP contribution in [0.5, 0.6) is 0 Å². The molecule has 0 radical (unpaired) electrons. The number of halogens is 2. The van der Waals surface area contributed by atoms with Gasteiger partial charge in [-0.3, -0.25) is 0 Å². The van der Waals surface area contributed by atoms with Crippen LogP contribution in [0.2, 0.25) is 0 Å². The standard InChI is InChI=1S/C3H5NS.2ClH.Mg/c1-2-4-5-3-1;;;/h2H,1,3H2;2*1H;/q;;;+2/p-2. The molecular weight excluding hydrogens is 177 g/mol. The second-order valence-electron chi connectivity index (χ2n) is 0.910. The minimum atomic E-state index is 0. The van der Waals surface area contributed by atoms with Gasteiger partial charge < -0.3 is 24.8 Å². The zero-order valence-electron chi connectivity index (χ0n) is 4.31. The van der Waals surface area contributed by atoms with Gasteiger partial charge in [0.2, 0.25) is 0 Å². The van der Waals surface area contributed by atoms with Crippen molar-refractivity contribution >= 4 is 41.2 Å². The summed E-state index contributed by atoms with van der Waals surface area (Å²) < 4.78 is 3.88. The van der Waals surface area contributed by atoms with E-state index in [2.05, 4.69) is 4.40 Å². The molecule has 0 aromatic carbocycles. The quantitative estimate of drug-likeness (QED) is 0.269. The third kappa shape index (κ3) is 7.37. The maximum Gasteiger partial charge on any atom is 2.00 e. The summed E-state index contributed by atoms with van der Waals surface area (Å²) in [4.78, 5) is 0. The Balaban J connectivity index is -0.0000000833. The maximum atomic E-state index is 3.88. The summed E-state index contributed by atoms with van der Waals surface area (Å²) in [6.07, 6.45) is 3.12. The Morgan fingerprint density at radius 3 is 2.12 bits per heavy atom. The molecule has 0 N–H and O–H groups in total. The maximum absolute atomic E-state index is 3.88. The van der Waals surface area contributed by atoms with Crippen molar-refractivity contribution in [2.75, 3.05) is 5.75 Å². The Morgan fingerprint density at radius 2 is 2.00 bits per heavy atom. The molecule has 1 heterocycles. The Labute approximate surface area is 82.2 Å². The van der Waals surface area contributed by atoms with Gasteiger partial charge in [-0.05, 0) is 18.4 Å². The number of hydrogen-bond acceptors (Lipinski definition) is 2. The van der Waals surface area contributed by atoms with E-state index >= 15 is 0 Å². The first-order valence-electron chi connectivity index (χ1n) is 1.64. The van der Waals surface area contributed by atoms with Gasteiger partial charge in [0.15, 0.2) is 0 Å². The molecule has 0 aromatic rings. The van der Waals surface area contributed by atoms with Gasteiger partial charge in [-0.15, -0.1) is 0 Å². The fourth-order valence-electron chi connectivity index (χ4n) is 0.264. The zero-order chi connectivity index (χ0) is 3.54. The van der Waals surface area contributed by atoms with Crippen LogP contribution < -0.4 is 24.8 Å². The molecular formula is C3H5Cl2MgNS. The van der Waals surface area contributed by atoms with Gasteiger partial charge >= 0.3 is 23.1 Å². The van der Waals surface area contributed by atoms with E-state index in [-0.39, 0.29) is 47.9 Å². The molecule has 0 saturated heterocycles. The van der Waals surface area contributed by atoms with Crippen LogP contribution >= 0.6 is 11.9 Å². The topological polar surface area (TPSA) is 12.4 Å². The smallest absolute Gasteiger partial charge is 1.00 e. The SMILES string of the molecule is C1=NSCC1.[Cl-].[Cl-].[Mg+2]. The van der Waals surface area contributed by atoms with Crippen LogP contribution in [0.3, 0.4) is 0 Å². The van der Waals surface area contributed by atoms with Crippen LogP contribution in [0, 0.1) is 0 Å². The van der Waals surface area contributed by atoms with Crippen molar-refractivity contribution in [3.63, 3.8) is 0 Å². The molecule has 1 aliphatic rings. The molecule has 44 valence electrons. The Kier molecular flexibility index (Phi) is 22.6. The largest absolute Gasteiger partial charge is 2.00 e. The molecule has 0 amide bonds. The van der Waals surface area contributed by atoms with Gasteiger partial charge in [0.25, 0.3) is 0 Å². The van der Waals surface area contributed by atoms with Crippen molar-refractivity contribution in [2.24, 2.45) is 4.40 Å². The molecule has 1 rings (SSSR count). The van der Waals surface area contributed by atoms with Crippen LogP contribution in [0.4, 0.5) is 0 Å². The second-order valence-corrected chi connectivity index (χ2v) is 1.79. The summed E-state index contributed by atoms with van der Waals surface area (Å²) >= 11 is 1.64. The summed E-state index contributed by atoms with van der Waals surface area (Å²) in [5.74, 6) is 1.19. The first-order chi connectivity index (χ1) is 2.50. The van der Waals surface area contributed by atoms with Gasteiger partial charge in [0, 0.05) is 12.0 Å². The van der Waals surface area contributed by atoms with Crippen molar-refractivity contribution in [1.29, 1.82) is 0 Å². The van der Waals surface area contributed by atoms with E-state index in [1.54, 1.807) is 11.9 Å². The third-order valence-electron chi connectivity index (χ3n) is 0.487. The van der Waals surface area contributed by atoms with Gasteiger partial charge in [-0.2, -0.15) is 0 Å². The van der Waals surface area contributed by atoms with Gasteiger partial charge in [-0.1, -0.05) is 0 Å². The molecule has 0 aliphatic carbocycles. The third-order valence-corrected chi connectivity index (χ3v) is 1.20. The van der Waals surface area contributed by atoms with E-state index in [0.29, 0.717) is 0 Å². The Hall–Kier alpha value is 1.37. The number of hydrogen-bond donors (Lipinski definition) is 0. The van der Waals surface area contributed by atoms with Crippen molar-refractivity contribution in [3.05, 3.63) is 0 Å². The predicted molar refractivity (Wildman–Crippen MR) is 31.3 cm³/mol. The second kappa shape index (κ2) is 11.2. The summed E-state index contributed by atoms with van der Waals surface area (Å²) in [6.45, 7) is 0. The van der Waals surface area contributed by atoms with Gasteiger partial charge in [-0.25, -0.2) is 4.40 Å². The summed E-state index contributed by atoms with van der Waals surface area (Å²) in [7, 11) is 0. The van der Waals surface area contributed by atoms with Crippen LogP contribution in [0.15, 0.2) is 4.40 Å². The van der Waals surface area contributed by atoms with E-state index in [9.17, 15) is 0 Å². The minimum Gasteiger partial charge on any atom is -1.00 e. The molecule has 8 heavy (non-hydrogen) atoms. The molecule has 0 aromatic heterocycles. The van der Waals surface area contributed by atoms with E-state index in [4.69, 9.17) is 0 Å². The van der Waals surface area contributed by atoms with E-state index in [1.807, 2.05) is 6.21 Å². The molecule has 0 unspecified atom stereocenters. The molecule has 5 heteroatoms. The molecule has 0 atom stereocenters. The zero-order valence-corrected chi connectivity index (χ0v) is 8.05. The van der Waals surface area contributed by atoms with Crippen LogP contribution in [-0.4, -0.2) is 35.0 Å². The van der Waals surface area contributed by atoms with Crippen molar-refractivity contribution in [2.45, 2.75) is 6.42 Å².